The number of carbonyl (C=O) groups is 1. The first-order chi connectivity index (χ1) is 8.66. The normalized spacial score (nSPS) is 22.4. The zero-order chi connectivity index (χ0) is 13.0. The van der Waals surface area contributed by atoms with Crippen LogP contribution in [-0.4, -0.2) is 23.5 Å². The summed E-state index contributed by atoms with van der Waals surface area (Å²) in [7, 11) is 0. The highest BCUT2D eigenvalue weighted by Gasteiger charge is 2.24. The highest BCUT2D eigenvalue weighted by molar-refractivity contribution is 5.85. The predicted molar refractivity (Wildman–Crippen MR) is 78.3 cm³/mol. The SMILES string of the molecule is Cc1cccnc1CNC(=O)C1CC(C)CCN1.Cl. The number of nitrogens with zero attached hydrogens (tertiary/aromatic N) is 1. The summed E-state index contributed by atoms with van der Waals surface area (Å²) in [5.74, 6) is 0.713. The van der Waals surface area contributed by atoms with Gasteiger partial charge in [-0.05, 0) is 43.9 Å². The van der Waals surface area contributed by atoms with E-state index < -0.39 is 0 Å². The number of carbonyl (C=O) groups excluding carboxylic acids is 1. The molecule has 19 heavy (non-hydrogen) atoms. The molecule has 2 atom stereocenters. The van der Waals surface area contributed by atoms with Crippen LogP contribution >= 0.6 is 12.4 Å². The number of pyridine rings is 1. The molecule has 5 heteroatoms. The standard InChI is InChI=1S/C14H21N3O.ClH/c1-10-5-7-16-12(8-10)14(18)17-9-13-11(2)4-3-6-15-13;/h3-4,6,10,12,16H,5,7-9H2,1-2H3,(H,17,18);1H. The molecule has 106 valence electrons. The maximum atomic E-state index is 12.0. The minimum absolute atomic E-state index is 0. The van der Waals surface area contributed by atoms with E-state index in [1.54, 1.807) is 6.20 Å². The van der Waals surface area contributed by atoms with E-state index in [0.29, 0.717) is 12.5 Å². The van der Waals surface area contributed by atoms with Crippen LogP contribution in [0.2, 0.25) is 0 Å². The first kappa shape index (κ1) is 15.9. The number of hydrogen-bond acceptors (Lipinski definition) is 3. The monoisotopic (exact) mass is 283 g/mol. The van der Waals surface area contributed by atoms with Crippen molar-refractivity contribution >= 4 is 18.3 Å². The molecule has 1 aliphatic rings. The molecule has 0 aromatic carbocycles. The Bertz CT molecular complexity index is 425. The summed E-state index contributed by atoms with van der Waals surface area (Å²) >= 11 is 0. The Hall–Kier alpha value is -1.13. The molecule has 1 aliphatic heterocycles. The van der Waals surface area contributed by atoms with Crippen LogP contribution in [0, 0.1) is 12.8 Å². The van der Waals surface area contributed by atoms with E-state index in [4.69, 9.17) is 0 Å². The lowest BCUT2D eigenvalue weighted by Gasteiger charge is -2.27. The van der Waals surface area contributed by atoms with Crippen LogP contribution in [0.5, 0.6) is 0 Å². The molecule has 4 nitrogen and oxygen atoms in total. The molecule has 2 unspecified atom stereocenters. The smallest absolute Gasteiger partial charge is 0.237 e. The quantitative estimate of drug-likeness (QED) is 0.890. The Balaban J connectivity index is 0.00000180. The summed E-state index contributed by atoms with van der Waals surface area (Å²) in [5, 5.41) is 6.23. The van der Waals surface area contributed by atoms with E-state index in [1.165, 1.54) is 0 Å². The fraction of sp³-hybridized carbons (Fsp3) is 0.571. The molecular weight excluding hydrogens is 262 g/mol. The number of amides is 1. The zero-order valence-corrected chi connectivity index (χ0v) is 12.3. The van der Waals surface area contributed by atoms with Crippen LogP contribution in [0.4, 0.5) is 0 Å². The number of halogens is 1. The van der Waals surface area contributed by atoms with Gasteiger partial charge in [0.2, 0.25) is 5.91 Å². The van der Waals surface area contributed by atoms with E-state index >= 15 is 0 Å². The molecule has 0 radical (unpaired) electrons. The molecule has 2 N–H and O–H groups in total. The second-order valence-electron chi connectivity index (χ2n) is 5.12. The van der Waals surface area contributed by atoms with Crippen LogP contribution < -0.4 is 10.6 Å². The van der Waals surface area contributed by atoms with Crippen molar-refractivity contribution in [1.29, 1.82) is 0 Å². The lowest BCUT2D eigenvalue weighted by Crippen LogP contribution is -2.48. The van der Waals surface area contributed by atoms with Crippen molar-refractivity contribution in [3.05, 3.63) is 29.6 Å². The van der Waals surface area contributed by atoms with Crippen LogP contribution in [0.25, 0.3) is 0 Å². The van der Waals surface area contributed by atoms with Gasteiger partial charge in [-0.15, -0.1) is 12.4 Å². The van der Waals surface area contributed by atoms with Crippen molar-refractivity contribution in [3.63, 3.8) is 0 Å². The fourth-order valence-corrected chi connectivity index (χ4v) is 2.30. The molecule has 1 fully saturated rings. The van der Waals surface area contributed by atoms with Crippen molar-refractivity contribution in [3.8, 4) is 0 Å². The first-order valence-electron chi connectivity index (χ1n) is 6.58. The maximum Gasteiger partial charge on any atom is 0.237 e. The van der Waals surface area contributed by atoms with Crippen LogP contribution in [0.3, 0.4) is 0 Å². The molecule has 1 amide bonds. The van der Waals surface area contributed by atoms with Gasteiger partial charge in [0.05, 0.1) is 18.3 Å². The molecular formula is C14H22ClN3O. The second-order valence-corrected chi connectivity index (χ2v) is 5.12. The molecule has 2 rings (SSSR count). The summed E-state index contributed by atoms with van der Waals surface area (Å²) in [6, 6.07) is 3.87. The number of nitrogens with one attached hydrogen (secondary N) is 2. The average Bonchev–Trinajstić information content (AvgIpc) is 2.37. The van der Waals surface area contributed by atoms with Gasteiger partial charge in [0.25, 0.3) is 0 Å². The van der Waals surface area contributed by atoms with E-state index in [0.717, 1.165) is 30.6 Å². The Morgan fingerprint density at radius 3 is 3.05 bits per heavy atom. The van der Waals surface area contributed by atoms with E-state index in [-0.39, 0.29) is 24.4 Å². The number of rotatable bonds is 3. The van der Waals surface area contributed by atoms with Crippen molar-refractivity contribution in [2.45, 2.75) is 39.3 Å². The van der Waals surface area contributed by atoms with Crippen molar-refractivity contribution in [1.82, 2.24) is 15.6 Å². The number of piperidine rings is 1. The molecule has 0 aliphatic carbocycles. The lowest BCUT2D eigenvalue weighted by molar-refractivity contribution is -0.124. The largest absolute Gasteiger partial charge is 0.349 e. The molecule has 1 aromatic rings. The Kier molecular flexibility index (Phi) is 6.25. The number of aryl methyl sites for hydroxylation is 1. The summed E-state index contributed by atoms with van der Waals surface area (Å²) in [5.41, 5.74) is 2.05. The first-order valence-corrected chi connectivity index (χ1v) is 6.58. The third-order valence-corrected chi connectivity index (χ3v) is 3.53. The highest BCUT2D eigenvalue weighted by Crippen LogP contribution is 2.15. The van der Waals surface area contributed by atoms with E-state index in [2.05, 4.69) is 22.5 Å². The van der Waals surface area contributed by atoms with E-state index in [1.807, 2.05) is 19.1 Å². The van der Waals surface area contributed by atoms with Crippen LogP contribution in [0.1, 0.15) is 31.0 Å². The van der Waals surface area contributed by atoms with Crippen molar-refractivity contribution < 1.29 is 4.79 Å². The molecule has 0 saturated carbocycles. The Morgan fingerprint density at radius 1 is 1.58 bits per heavy atom. The van der Waals surface area contributed by atoms with Gasteiger partial charge in [-0.25, -0.2) is 0 Å². The topological polar surface area (TPSA) is 54.0 Å². The fourth-order valence-electron chi connectivity index (χ4n) is 2.30. The van der Waals surface area contributed by atoms with Gasteiger partial charge < -0.3 is 10.6 Å². The molecule has 0 bridgehead atoms. The summed E-state index contributed by atoms with van der Waals surface area (Å²) < 4.78 is 0. The zero-order valence-electron chi connectivity index (χ0n) is 11.5. The average molecular weight is 284 g/mol. The summed E-state index contributed by atoms with van der Waals surface area (Å²) in [6.45, 7) is 5.65. The molecule has 0 spiro atoms. The molecule has 1 aromatic heterocycles. The second kappa shape index (κ2) is 7.46. The minimum Gasteiger partial charge on any atom is -0.349 e. The van der Waals surface area contributed by atoms with Crippen molar-refractivity contribution in [2.75, 3.05) is 6.54 Å². The minimum atomic E-state index is -0.0437. The van der Waals surface area contributed by atoms with Gasteiger partial charge in [0.1, 0.15) is 0 Å². The van der Waals surface area contributed by atoms with Gasteiger partial charge in [0, 0.05) is 6.20 Å². The van der Waals surface area contributed by atoms with Gasteiger partial charge in [-0.3, -0.25) is 9.78 Å². The van der Waals surface area contributed by atoms with Gasteiger partial charge >= 0.3 is 0 Å². The third kappa shape index (κ3) is 4.48. The Labute approximate surface area is 120 Å². The van der Waals surface area contributed by atoms with Crippen molar-refractivity contribution in [2.24, 2.45) is 5.92 Å². The highest BCUT2D eigenvalue weighted by atomic mass is 35.5. The number of aromatic nitrogens is 1. The molecule has 1 saturated heterocycles. The lowest BCUT2D eigenvalue weighted by atomic mass is 9.94. The van der Waals surface area contributed by atoms with Crippen LogP contribution in [0.15, 0.2) is 18.3 Å². The van der Waals surface area contributed by atoms with Gasteiger partial charge in [-0.2, -0.15) is 0 Å². The predicted octanol–water partition coefficient (Wildman–Crippen LogP) is 1.82. The van der Waals surface area contributed by atoms with Gasteiger partial charge in [0.15, 0.2) is 0 Å². The molecule has 2 heterocycles. The van der Waals surface area contributed by atoms with E-state index in [9.17, 15) is 4.79 Å². The summed E-state index contributed by atoms with van der Waals surface area (Å²) in [4.78, 5) is 16.3. The van der Waals surface area contributed by atoms with Gasteiger partial charge in [-0.1, -0.05) is 13.0 Å². The van der Waals surface area contributed by atoms with Crippen LogP contribution in [-0.2, 0) is 11.3 Å². The summed E-state index contributed by atoms with van der Waals surface area (Å²) in [6.07, 6.45) is 3.84. The third-order valence-electron chi connectivity index (χ3n) is 3.53. The number of hydrogen-bond donors (Lipinski definition) is 2. The Morgan fingerprint density at radius 2 is 2.37 bits per heavy atom. The maximum absolute atomic E-state index is 12.0.